The number of hydrogen-bond donors (Lipinski definition) is 1. The second-order valence-electron chi connectivity index (χ2n) is 3.55. The molecule has 0 fully saturated rings. The van der Waals surface area contributed by atoms with Crippen LogP contribution in [0.3, 0.4) is 0 Å². The van der Waals surface area contributed by atoms with Gasteiger partial charge in [-0.2, -0.15) is 0 Å². The molecule has 0 aliphatic carbocycles. The zero-order valence-electron chi connectivity index (χ0n) is 9.31. The molecule has 0 aromatic carbocycles. The van der Waals surface area contributed by atoms with Crippen LogP contribution in [0.5, 0.6) is 0 Å². The van der Waals surface area contributed by atoms with Crippen molar-refractivity contribution in [3.63, 3.8) is 0 Å². The average Bonchev–Trinajstić information content (AvgIpc) is 2.67. The van der Waals surface area contributed by atoms with E-state index >= 15 is 0 Å². The molecule has 0 unspecified atom stereocenters. The van der Waals surface area contributed by atoms with Crippen molar-refractivity contribution in [3.8, 4) is 0 Å². The first kappa shape index (κ1) is 13.2. The summed E-state index contributed by atoms with van der Waals surface area (Å²) >= 11 is 0. The summed E-state index contributed by atoms with van der Waals surface area (Å²) in [5.41, 5.74) is 1.08. The molecule has 0 bridgehead atoms. The Kier molecular flexibility index (Phi) is 5.51. The van der Waals surface area contributed by atoms with Gasteiger partial charge in [0.2, 0.25) is 0 Å². The molecule has 0 spiro atoms. The molecule has 0 amide bonds. The summed E-state index contributed by atoms with van der Waals surface area (Å²) in [6.45, 7) is 2.18. The van der Waals surface area contributed by atoms with E-state index in [1.807, 2.05) is 6.07 Å². The van der Waals surface area contributed by atoms with E-state index in [1.165, 1.54) is 6.26 Å². The fraction of sp³-hybridized carbons (Fsp3) is 0.600. The molecule has 0 aliphatic rings. The van der Waals surface area contributed by atoms with Gasteiger partial charge >= 0.3 is 0 Å². The van der Waals surface area contributed by atoms with Crippen LogP contribution in [0.15, 0.2) is 23.0 Å². The van der Waals surface area contributed by atoms with E-state index in [9.17, 15) is 8.42 Å². The first-order valence-electron chi connectivity index (χ1n) is 5.05. The van der Waals surface area contributed by atoms with Crippen LogP contribution in [-0.2, 0) is 21.1 Å². The summed E-state index contributed by atoms with van der Waals surface area (Å²) in [7, 11) is -2.91. The summed E-state index contributed by atoms with van der Waals surface area (Å²) < 4.78 is 31.6. The molecule has 0 atom stereocenters. The molecule has 1 N–H and O–H groups in total. The maximum atomic E-state index is 10.8. The summed E-state index contributed by atoms with van der Waals surface area (Å²) in [5.74, 6) is 0.0781. The molecule has 16 heavy (non-hydrogen) atoms. The number of sulfone groups is 1. The molecular weight excluding hydrogens is 230 g/mol. The Labute approximate surface area is 95.7 Å². The van der Waals surface area contributed by atoms with E-state index in [0.29, 0.717) is 13.2 Å². The van der Waals surface area contributed by atoms with Crippen LogP contribution < -0.4 is 5.32 Å². The number of hydrogen-bond acceptors (Lipinski definition) is 5. The Balaban J connectivity index is 1.93. The molecular formula is C10H17NO4S. The van der Waals surface area contributed by atoms with Gasteiger partial charge in [-0.1, -0.05) is 0 Å². The Hall–Kier alpha value is -0.850. The third-order valence-corrected chi connectivity index (χ3v) is 2.84. The molecule has 0 saturated heterocycles. The van der Waals surface area contributed by atoms with E-state index in [2.05, 4.69) is 5.32 Å². The van der Waals surface area contributed by atoms with E-state index in [0.717, 1.165) is 12.1 Å². The van der Waals surface area contributed by atoms with Crippen LogP contribution in [0.2, 0.25) is 0 Å². The zero-order valence-corrected chi connectivity index (χ0v) is 10.1. The van der Waals surface area contributed by atoms with Crippen LogP contribution in [-0.4, -0.2) is 40.2 Å². The lowest BCUT2D eigenvalue weighted by Gasteiger charge is -2.04. The highest BCUT2D eigenvalue weighted by Gasteiger charge is 2.00. The largest absolute Gasteiger partial charge is 0.472 e. The minimum atomic E-state index is -2.91. The minimum Gasteiger partial charge on any atom is -0.472 e. The lowest BCUT2D eigenvalue weighted by molar-refractivity contribution is 0.150. The highest BCUT2D eigenvalue weighted by atomic mass is 32.2. The Morgan fingerprint density at radius 2 is 2.25 bits per heavy atom. The van der Waals surface area contributed by atoms with Crippen LogP contribution in [0.25, 0.3) is 0 Å². The SMILES string of the molecule is CS(=O)(=O)CCOCCNCc1ccoc1. The van der Waals surface area contributed by atoms with E-state index in [-0.39, 0.29) is 12.4 Å². The van der Waals surface area contributed by atoms with Crippen LogP contribution in [0, 0.1) is 0 Å². The topological polar surface area (TPSA) is 68.5 Å². The molecule has 1 rings (SSSR count). The fourth-order valence-electron chi connectivity index (χ4n) is 1.08. The summed E-state index contributed by atoms with van der Waals surface area (Å²) in [6, 6.07) is 1.89. The van der Waals surface area contributed by atoms with Gasteiger partial charge in [0.25, 0.3) is 0 Å². The summed E-state index contributed by atoms with van der Waals surface area (Å²) in [6.07, 6.45) is 4.50. The number of furan rings is 1. The van der Waals surface area contributed by atoms with Crippen LogP contribution in [0.4, 0.5) is 0 Å². The van der Waals surface area contributed by atoms with Gasteiger partial charge in [0.1, 0.15) is 9.84 Å². The number of rotatable bonds is 8. The molecule has 0 aliphatic heterocycles. The summed E-state index contributed by atoms with van der Waals surface area (Å²) in [4.78, 5) is 0. The van der Waals surface area contributed by atoms with Crippen molar-refractivity contribution in [1.29, 1.82) is 0 Å². The smallest absolute Gasteiger partial charge is 0.149 e. The quantitative estimate of drug-likeness (QED) is 0.675. The molecule has 1 aromatic heterocycles. The minimum absolute atomic E-state index is 0.0781. The molecule has 1 heterocycles. The van der Waals surface area contributed by atoms with Gasteiger partial charge in [-0.3, -0.25) is 0 Å². The Bertz CT molecular complexity index is 372. The lowest BCUT2D eigenvalue weighted by atomic mass is 10.3. The monoisotopic (exact) mass is 247 g/mol. The Morgan fingerprint density at radius 3 is 2.88 bits per heavy atom. The predicted molar refractivity (Wildman–Crippen MR) is 60.9 cm³/mol. The third kappa shape index (κ3) is 6.60. The average molecular weight is 247 g/mol. The number of nitrogens with one attached hydrogen (secondary N) is 1. The molecule has 1 aromatic rings. The maximum Gasteiger partial charge on any atom is 0.149 e. The van der Waals surface area contributed by atoms with E-state index < -0.39 is 9.84 Å². The van der Waals surface area contributed by atoms with Crippen molar-refractivity contribution in [3.05, 3.63) is 24.2 Å². The van der Waals surface area contributed by atoms with Gasteiger partial charge in [-0.15, -0.1) is 0 Å². The number of ether oxygens (including phenoxy) is 1. The first-order valence-corrected chi connectivity index (χ1v) is 7.11. The molecule has 0 saturated carbocycles. The van der Waals surface area contributed by atoms with Crippen molar-refractivity contribution < 1.29 is 17.6 Å². The lowest BCUT2D eigenvalue weighted by Crippen LogP contribution is -2.20. The second kappa shape index (κ2) is 6.67. The van der Waals surface area contributed by atoms with Crippen molar-refractivity contribution in [2.24, 2.45) is 0 Å². The van der Waals surface area contributed by atoms with E-state index in [1.54, 1.807) is 12.5 Å². The van der Waals surface area contributed by atoms with Gasteiger partial charge in [0, 0.05) is 24.9 Å². The normalized spacial score (nSPS) is 11.8. The zero-order chi connectivity index (χ0) is 11.9. The van der Waals surface area contributed by atoms with Crippen molar-refractivity contribution >= 4 is 9.84 Å². The molecule has 0 radical (unpaired) electrons. The first-order chi connectivity index (χ1) is 7.58. The molecule has 5 nitrogen and oxygen atoms in total. The standard InChI is InChI=1S/C10H17NO4S/c1-16(12,13)7-6-14-5-3-11-8-10-2-4-15-9-10/h2,4,9,11H,3,5-8H2,1H3. The highest BCUT2D eigenvalue weighted by molar-refractivity contribution is 7.90. The maximum absolute atomic E-state index is 10.8. The Morgan fingerprint density at radius 1 is 1.44 bits per heavy atom. The second-order valence-corrected chi connectivity index (χ2v) is 5.81. The van der Waals surface area contributed by atoms with Gasteiger partial charge in [0.05, 0.1) is 31.5 Å². The molecule has 6 heteroatoms. The van der Waals surface area contributed by atoms with Gasteiger partial charge in [-0.05, 0) is 6.07 Å². The van der Waals surface area contributed by atoms with E-state index in [4.69, 9.17) is 9.15 Å². The fourth-order valence-corrected chi connectivity index (χ4v) is 1.50. The van der Waals surface area contributed by atoms with Gasteiger partial charge < -0.3 is 14.5 Å². The predicted octanol–water partition coefficient (Wildman–Crippen LogP) is 0.430. The highest BCUT2D eigenvalue weighted by Crippen LogP contribution is 1.97. The third-order valence-electron chi connectivity index (χ3n) is 1.93. The van der Waals surface area contributed by atoms with Crippen molar-refractivity contribution in [2.75, 3.05) is 31.8 Å². The van der Waals surface area contributed by atoms with Crippen molar-refractivity contribution in [1.82, 2.24) is 5.32 Å². The van der Waals surface area contributed by atoms with Crippen molar-refractivity contribution in [2.45, 2.75) is 6.54 Å². The van der Waals surface area contributed by atoms with Gasteiger partial charge in [-0.25, -0.2) is 8.42 Å². The van der Waals surface area contributed by atoms with Crippen LogP contribution >= 0.6 is 0 Å². The van der Waals surface area contributed by atoms with Gasteiger partial charge in [0.15, 0.2) is 0 Å². The van der Waals surface area contributed by atoms with Crippen LogP contribution in [0.1, 0.15) is 5.56 Å². The summed E-state index contributed by atoms with van der Waals surface area (Å²) in [5, 5.41) is 3.15. The molecule has 92 valence electrons.